The first kappa shape index (κ1) is 22.3. The molecule has 0 saturated carbocycles. The van der Waals surface area contributed by atoms with Gasteiger partial charge in [-0.05, 0) is 29.1 Å². The molecule has 5 rings (SSSR count). The predicted molar refractivity (Wildman–Crippen MR) is 132 cm³/mol. The van der Waals surface area contributed by atoms with Crippen LogP contribution in [0.1, 0.15) is 15.9 Å². The molecule has 2 aromatic heterocycles. The van der Waals surface area contributed by atoms with Crippen LogP contribution in [0.2, 0.25) is 0 Å². The number of benzene rings is 2. The van der Waals surface area contributed by atoms with Crippen LogP contribution < -0.4 is 0 Å². The van der Waals surface area contributed by atoms with Crippen LogP contribution in [0, 0.1) is 0 Å². The molecule has 0 radical (unpaired) electrons. The van der Waals surface area contributed by atoms with Gasteiger partial charge in [-0.1, -0.05) is 54.6 Å². The molecule has 1 saturated heterocycles. The van der Waals surface area contributed by atoms with E-state index in [1.807, 2.05) is 69.7 Å². The molecule has 0 unspecified atom stereocenters. The Balaban J connectivity index is 0.00000245. The van der Waals surface area contributed by atoms with E-state index in [4.69, 9.17) is 5.10 Å². The average molecular weight is 465 g/mol. The average Bonchev–Trinajstić information content (AvgIpc) is 3.51. The van der Waals surface area contributed by atoms with Crippen LogP contribution in [0.4, 0.5) is 0 Å². The molecule has 0 N–H and O–H groups in total. The molecule has 5 nitrogen and oxygen atoms in total. The highest BCUT2D eigenvalue weighted by molar-refractivity contribution is 7.13. The van der Waals surface area contributed by atoms with Gasteiger partial charge in [-0.2, -0.15) is 5.10 Å². The van der Waals surface area contributed by atoms with Gasteiger partial charge in [0, 0.05) is 38.9 Å². The molecule has 164 valence electrons. The fraction of sp³-hybridized carbons (Fsp3) is 0.200. The summed E-state index contributed by atoms with van der Waals surface area (Å²) in [5, 5.41) is 6.80. The van der Waals surface area contributed by atoms with Crippen LogP contribution >= 0.6 is 23.7 Å². The Morgan fingerprint density at radius 2 is 1.56 bits per heavy atom. The van der Waals surface area contributed by atoms with Gasteiger partial charge in [-0.25, -0.2) is 4.68 Å². The summed E-state index contributed by atoms with van der Waals surface area (Å²) in [5.74, 6) is 0.0601. The van der Waals surface area contributed by atoms with Crippen LogP contribution in [0.25, 0.3) is 16.3 Å². The Morgan fingerprint density at radius 3 is 2.22 bits per heavy atom. The molecule has 32 heavy (non-hydrogen) atoms. The minimum absolute atomic E-state index is 0. The summed E-state index contributed by atoms with van der Waals surface area (Å²) in [6.07, 6.45) is 1.88. The Kier molecular flexibility index (Phi) is 7.05. The quantitative estimate of drug-likeness (QED) is 0.418. The van der Waals surface area contributed by atoms with Crippen molar-refractivity contribution in [3.63, 3.8) is 0 Å². The van der Waals surface area contributed by atoms with Crippen molar-refractivity contribution in [1.82, 2.24) is 19.6 Å². The number of hydrogen-bond donors (Lipinski definition) is 0. The third-order valence-corrected chi connectivity index (χ3v) is 6.51. The van der Waals surface area contributed by atoms with Crippen molar-refractivity contribution >= 4 is 29.7 Å². The number of amides is 1. The predicted octanol–water partition coefficient (Wildman–Crippen LogP) is 4.98. The molecule has 1 aliphatic rings. The monoisotopic (exact) mass is 464 g/mol. The summed E-state index contributed by atoms with van der Waals surface area (Å²) in [5.41, 5.74) is 3.69. The lowest BCUT2D eigenvalue weighted by molar-refractivity contribution is 0.0629. The Morgan fingerprint density at radius 1 is 0.875 bits per heavy atom. The first-order valence-electron chi connectivity index (χ1n) is 10.5. The standard InChI is InChI=1S/C25H24N4OS.ClH/c30-25(28-15-13-27(14-16-28)18-20-8-3-1-4-9-20)22-19-29(21-10-5-2-6-11-21)26-24(22)23-12-7-17-31-23;/h1-12,17,19H,13-16,18H2;1H. The molecule has 0 spiro atoms. The summed E-state index contributed by atoms with van der Waals surface area (Å²) >= 11 is 1.61. The maximum absolute atomic E-state index is 13.5. The SMILES string of the molecule is Cl.O=C(c1cn(-c2ccccc2)nc1-c1cccs1)N1CCN(Cc2ccccc2)CC1. The lowest BCUT2D eigenvalue weighted by atomic mass is 10.1. The highest BCUT2D eigenvalue weighted by Crippen LogP contribution is 2.29. The number of thiophene rings is 1. The zero-order chi connectivity index (χ0) is 21.0. The molecular formula is C25H25ClN4OS. The van der Waals surface area contributed by atoms with Gasteiger partial charge in [-0.15, -0.1) is 23.7 Å². The van der Waals surface area contributed by atoms with E-state index in [1.165, 1.54) is 5.56 Å². The van der Waals surface area contributed by atoms with Crippen molar-refractivity contribution in [2.45, 2.75) is 6.54 Å². The summed E-state index contributed by atoms with van der Waals surface area (Å²) in [7, 11) is 0. The smallest absolute Gasteiger partial charge is 0.257 e. The summed E-state index contributed by atoms with van der Waals surface area (Å²) < 4.78 is 1.81. The summed E-state index contributed by atoms with van der Waals surface area (Å²) in [4.78, 5) is 18.9. The first-order chi connectivity index (χ1) is 15.3. The molecular weight excluding hydrogens is 440 g/mol. The van der Waals surface area contributed by atoms with Gasteiger partial charge in [0.15, 0.2) is 0 Å². The molecule has 1 fully saturated rings. The van der Waals surface area contributed by atoms with Gasteiger partial charge in [0.05, 0.1) is 16.1 Å². The van der Waals surface area contributed by atoms with E-state index in [1.54, 1.807) is 11.3 Å². The van der Waals surface area contributed by atoms with Crippen molar-refractivity contribution in [3.8, 4) is 16.3 Å². The largest absolute Gasteiger partial charge is 0.336 e. The van der Waals surface area contributed by atoms with Gasteiger partial charge >= 0.3 is 0 Å². The van der Waals surface area contributed by atoms with E-state index in [-0.39, 0.29) is 18.3 Å². The molecule has 2 aromatic carbocycles. The Hall–Kier alpha value is -2.93. The van der Waals surface area contributed by atoms with E-state index in [9.17, 15) is 4.79 Å². The molecule has 0 aliphatic carbocycles. The number of para-hydroxylation sites is 1. The van der Waals surface area contributed by atoms with Crippen molar-refractivity contribution in [1.29, 1.82) is 0 Å². The lowest BCUT2D eigenvalue weighted by Crippen LogP contribution is -2.48. The van der Waals surface area contributed by atoms with Crippen LogP contribution in [0.5, 0.6) is 0 Å². The summed E-state index contributed by atoms with van der Waals surface area (Å²) in [6, 6.07) is 24.5. The topological polar surface area (TPSA) is 41.4 Å². The maximum Gasteiger partial charge on any atom is 0.257 e. The normalized spacial score (nSPS) is 14.2. The fourth-order valence-corrected chi connectivity index (χ4v) is 4.68. The molecule has 0 atom stereocenters. The zero-order valence-corrected chi connectivity index (χ0v) is 19.3. The van der Waals surface area contributed by atoms with E-state index < -0.39 is 0 Å². The zero-order valence-electron chi connectivity index (χ0n) is 17.6. The van der Waals surface area contributed by atoms with Gasteiger partial charge in [0.25, 0.3) is 5.91 Å². The van der Waals surface area contributed by atoms with E-state index in [0.717, 1.165) is 49.0 Å². The lowest BCUT2D eigenvalue weighted by Gasteiger charge is -2.34. The molecule has 7 heteroatoms. The number of hydrogen-bond acceptors (Lipinski definition) is 4. The first-order valence-corrected chi connectivity index (χ1v) is 11.4. The number of nitrogens with zero attached hydrogens (tertiary/aromatic N) is 4. The minimum atomic E-state index is 0. The molecule has 0 bridgehead atoms. The number of halogens is 1. The molecule has 1 amide bonds. The Labute approximate surface area is 198 Å². The van der Waals surface area contributed by atoms with Crippen LogP contribution in [-0.2, 0) is 6.54 Å². The van der Waals surface area contributed by atoms with Crippen LogP contribution in [0.15, 0.2) is 84.4 Å². The Bertz CT molecular complexity index is 1140. The summed E-state index contributed by atoms with van der Waals surface area (Å²) in [6.45, 7) is 4.14. The fourth-order valence-electron chi connectivity index (χ4n) is 3.96. The number of aromatic nitrogens is 2. The third kappa shape index (κ3) is 4.78. The second-order valence-electron chi connectivity index (χ2n) is 7.70. The van der Waals surface area contributed by atoms with Gasteiger partial charge in [0.2, 0.25) is 0 Å². The van der Waals surface area contributed by atoms with Crippen molar-refractivity contribution < 1.29 is 4.79 Å². The third-order valence-electron chi connectivity index (χ3n) is 5.63. The number of carbonyl (C=O) groups excluding carboxylic acids is 1. The number of piperazine rings is 1. The van der Waals surface area contributed by atoms with Gasteiger partial charge in [-0.3, -0.25) is 9.69 Å². The minimum Gasteiger partial charge on any atom is -0.336 e. The second-order valence-corrected chi connectivity index (χ2v) is 8.65. The van der Waals surface area contributed by atoms with Gasteiger partial charge < -0.3 is 4.90 Å². The van der Waals surface area contributed by atoms with Crippen molar-refractivity contribution in [3.05, 3.63) is 95.5 Å². The van der Waals surface area contributed by atoms with Crippen LogP contribution in [0.3, 0.4) is 0 Å². The van der Waals surface area contributed by atoms with Crippen LogP contribution in [-0.4, -0.2) is 51.7 Å². The van der Waals surface area contributed by atoms with Crippen molar-refractivity contribution in [2.75, 3.05) is 26.2 Å². The molecule has 4 aromatic rings. The molecule has 3 heterocycles. The maximum atomic E-state index is 13.5. The van der Waals surface area contributed by atoms with Gasteiger partial charge in [0.1, 0.15) is 5.69 Å². The van der Waals surface area contributed by atoms with E-state index in [0.29, 0.717) is 5.56 Å². The second kappa shape index (κ2) is 10.1. The van der Waals surface area contributed by atoms with E-state index >= 15 is 0 Å². The number of carbonyl (C=O) groups is 1. The van der Waals surface area contributed by atoms with E-state index in [2.05, 4.69) is 29.2 Å². The highest BCUT2D eigenvalue weighted by atomic mass is 35.5. The highest BCUT2D eigenvalue weighted by Gasteiger charge is 2.27. The van der Waals surface area contributed by atoms with Crippen molar-refractivity contribution in [2.24, 2.45) is 0 Å². The molecule has 1 aliphatic heterocycles. The number of rotatable bonds is 5.